The van der Waals surface area contributed by atoms with Crippen molar-refractivity contribution in [1.82, 2.24) is 4.90 Å². The highest BCUT2D eigenvalue weighted by atomic mass is 15.1. The molecule has 2 bridgehead atoms. The van der Waals surface area contributed by atoms with Gasteiger partial charge in [0.05, 0.1) is 11.5 Å². The van der Waals surface area contributed by atoms with Crippen LogP contribution in [0.15, 0.2) is 0 Å². The van der Waals surface area contributed by atoms with Gasteiger partial charge in [-0.2, -0.15) is 5.26 Å². The van der Waals surface area contributed by atoms with Crippen LogP contribution in [0, 0.1) is 16.7 Å². The van der Waals surface area contributed by atoms with E-state index in [1.807, 2.05) is 0 Å². The smallest absolute Gasteiger partial charge is 0.303 e. The monoisotopic (exact) mass is 137 g/mol. The first-order valence-electron chi connectivity index (χ1n) is 3.98. The summed E-state index contributed by atoms with van der Waals surface area (Å²) in [5.74, 6) is 0. The Labute approximate surface area is 62.9 Å². The van der Waals surface area contributed by atoms with E-state index in [9.17, 15) is 0 Å². The Morgan fingerprint density at radius 3 is 2.00 bits per heavy atom. The molecule has 3 aliphatic rings. The van der Waals surface area contributed by atoms with Gasteiger partial charge in [0, 0.05) is 0 Å². The van der Waals surface area contributed by atoms with Crippen LogP contribution in [-0.4, -0.2) is 24.5 Å². The van der Waals surface area contributed by atoms with Crippen molar-refractivity contribution in [3.8, 4) is 6.07 Å². The summed E-state index contributed by atoms with van der Waals surface area (Å²) < 4.78 is 0. The fourth-order valence-electron chi connectivity index (χ4n) is 1.99. The quantitative estimate of drug-likeness (QED) is 0.500. The summed E-state index contributed by atoms with van der Waals surface area (Å²) in [6, 6.07) is 2.48. The molecule has 0 aliphatic carbocycles. The van der Waals surface area contributed by atoms with Gasteiger partial charge < -0.3 is 4.90 Å². The third-order valence-electron chi connectivity index (χ3n) is 2.96. The van der Waals surface area contributed by atoms with E-state index in [0.29, 0.717) is 0 Å². The molecule has 0 N–H and O–H groups in total. The molecule has 10 heavy (non-hydrogen) atoms. The molecular formula is C8H13N2+. The Bertz CT molecular complexity index is 163. The van der Waals surface area contributed by atoms with Gasteiger partial charge >= 0.3 is 1.43 Å². The van der Waals surface area contributed by atoms with Crippen molar-refractivity contribution in [3.63, 3.8) is 0 Å². The second-order valence-electron chi connectivity index (χ2n) is 3.48. The van der Waals surface area contributed by atoms with E-state index in [-0.39, 0.29) is 6.84 Å². The molecule has 3 saturated heterocycles. The van der Waals surface area contributed by atoms with Crippen LogP contribution in [0.2, 0.25) is 0 Å². The number of rotatable bonds is 0. The molecule has 3 aliphatic heterocycles. The minimum atomic E-state index is 0. The van der Waals surface area contributed by atoms with Crippen LogP contribution in [0.5, 0.6) is 0 Å². The number of nitriles is 1. The zero-order valence-electron chi connectivity index (χ0n) is 7.14. The third kappa shape index (κ3) is 0.741. The molecule has 0 atom stereocenters. The topological polar surface area (TPSA) is 27.0 Å². The van der Waals surface area contributed by atoms with Gasteiger partial charge in [-0.3, -0.25) is 0 Å². The molecular weight excluding hydrogens is 124 g/mol. The van der Waals surface area contributed by atoms with Crippen molar-refractivity contribution in [1.29, 1.82) is 5.26 Å². The maximum absolute atomic E-state index is 8.90. The maximum Gasteiger partial charge on any atom is 1.00 e. The van der Waals surface area contributed by atoms with Crippen molar-refractivity contribution in [2.24, 2.45) is 5.41 Å². The Hall–Kier alpha value is -0.550. The predicted octanol–water partition coefficient (Wildman–Crippen LogP) is 1.11. The van der Waals surface area contributed by atoms with Gasteiger partial charge in [-0.1, -0.05) is 0 Å². The summed E-state index contributed by atoms with van der Waals surface area (Å²) in [6.07, 6.45) is 3.34. The summed E-state index contributed by atoms with van der Waals surface area (Å²) in [6.45, 7) is 3.48. The Morgan fingerprint density at radius 2 is 1.70 bits per heavy atom. The highest BCUT2D eigenvalue weighted by Gasteiger charge is 2.39. The summed E-state index contributed by atoms with van der Waals surface area (Å²) in [4.78, 5) is 2.46. The first-order valence-corrected chi connectivity index (χ1v) is 3.98. The van der Waals surface area contributed by atoms with Crippen molar-refractivity contribution >= 4 is 0 Å². The highest BCUT2D eigenvalue weighted by molar-refractivity contribution is 5.05. The van der Waals surface area contributed by atoms with Gasteiger partial charge in [-0.15, -0.1) is 0 Å². The molecule has 0 saturated carbocycles. The fourth-order valence-corrected chi connectivity index (χ4v) is 1.99. The first-order chi connectivity index (χ1) is 4.85. The lowest BCUT2D eigenvalue weighted by atomic mass is 9.73. The second kappa shape index (κ2) is 1.96. The Balaban J connectivity index is 0.000000605. The van der Waals surface area contributed by atoms with Gasteiger partial charge in [0.2, 0.25) is 0 Å². The molecule has 0 radical (unpaired) electrons. The van der Waals surface area contributed by atoms with E-state index in [4.69, 9.17) is 5.26 Å². The SMILES string of the molecule is N#CC12CCN(CC1)CC2.[H+]. The Kier molecular flexibility index (Phi) is 1.21. The number of hydrogen-bond acceptors (Lipinski definition) is 2. The first kappa shape index (κ1) is 6.18. The zero-order chi connectivity index (χ0) is 7.03. The number of fused-ring (bicyclic) bond motifs is 3. The molecule has 0 amide bonds. The minimum absolute atomic E-state index is 0. The van der Waals surface area contributed by atoms with Crippen LogP contribution in [-0.2, 0) is 0 Å². The summed E-state index contributed by atoms with van der Waals surface area (Å²) in [5.41, 5.74) is 0.0920. The van der Waals surface area contributed by atoms with E-state index >= 15 is 0 Å². The summed E-state index contributed by atoms with van der Waals surface area (Å²) in [5, 5.41) is 8.90. The van der Waals surface area contributed by atoms with E-state index in [1.54, 1.807) is 0 Å². The number of hydrogen-bond donors (Lipinski definition) is 0. The van der Waals surface area contributed by atoms with E-state index in [2.05, 4.69) is 11.0 Å². The lowest BCUT2D eigenvalue weighted by Gasteiger charge is -2.44. The van der Waals surface area contributed by atoms with Crippen LogP contribution in [0.3, 0.4) is 0 Å². The lowest BCUT2D eigenvalue weighted by Crippen LogP contribution is -2.47. The van der Waals surface area contributed by atoms with E-state index in [1.165, 1.54) is 0 Å². The van der Waals surface area contributed by atoms with Crippen LogP contribution >= 0.6 is 0 Å². The molecule has 2 heteroatoms. The number of nitrogens with zero attached hydrogens (tertiary/aromatic N) is 2. The predicted molar refractivity (Wildman–Crippen MR) is 39.4 cm³/mol. The minimum Gasteiger partial charge on any atom is -0.303 e. The molecule has 3 heterocycles. The normalized spacial score (nSPS) is 44.9. The Morgan fingerprint density at radius 1 is 1.20 bits per heavy atom. The second-order valence-corrected chi connectivity index (χ2v) is 3.48. The largest absolute Gasteiger partial charge is 1.00 e. The maximum atomic E-state index is 8.90. The lowest BCUT2D eigenvalue weighted by molar-refractivity contribution is 0.0666. The van der Waals surface area contributed by atoms with Crippen molar-refractivity contribution in [2.75, 3.05) is 19.6 Å². The average Bonchev–Trinajstić information content (AvgIpc) is 2.08. The molecule has 0 unspecified atom stereocenters. The molecule has 3 rings (SSSR count). The van der Waals surface area contributed by atoms with Gasteiger partial charge in [0.1, 0.15) is 0 Å². The van der Waals surface area contributed by atoms with E-state index < -0.39 is 0 Å². The molecule has 0 aromatic heterocycles. The molecule has 0 aromatic rings. The van der Waals surface area contributed by atoms with Gasteiger partial charge in [-0.25, -0.2) is 0 Å². The zero-order valence-corrected chi connectivity index (χ0v) is 6.14. The third-order valence-corrected chi connectivity index (χ3v) is 2.96. The van der Waals surface area contributed by atoms with Crippen LogP contribution in [0.4, 0.5) is 0 Å². The van der Waals surface area contributed by atoms with Gasteiger partial charge in [0.15, 0.2) is 0 Å². The molecule has 0 aromatic carbocycles. The summed E-state index contributed by atoms with van der Waals surface area (Å²) in [7, 11) is 0. The average molecular weight is 137 g/mol. The van der Waals surface area contributed by atoms with Crippen molar-refractivity contribution < 1.29 is 1.43 Å². The van der Waals surface area contributed by atoms with Crippen molar-refractivity contribution in [2.45, 2.75) is 19.3 Å². The van der Waals surface area contributed by atoms with Crippen LogP contribution in [0.25, 0.3) is 0 Å². The van der Waals surface area contributed by atoms with Crippen LogP contribution in [0.1, 0.15) is 20.7 Å². The van der Waals surface area contributed by atoms with Gasteiger partial charge in [-0.05, 0) is 38.9 Å². The number of piperidine rings is 3. The van der Waals surface area contributed by atoms with Crippen molar-refractivity contribution in [3.05, 3.63) is 0 Å². The molecule has 2 nitrogen and oxygen atoms in total. The van der Waals surface area contributed by atoms with Gasteiger partial charge in [0.25, 0.3) is 0 Å². The fraction of sp³-hybridized carbons (Fsp3) is 0.875. The molecule has 0 spiro atoms. The highest BCUT2D eigenvalue weighted by Crippen LogP contribution is 2.38. The van der Waals surface area contributed by atoms with E-state index in [0.717, 1.165) is 38.9 Å². The standard InChI is InChI=1S/C8H12N2/c9-7-8-1-4-10(5-2-8)6-3-8/h1-6H2/p+1. The molecule has 54 valence electrons. The van der Waals surface area contributed by atoms with Crippen LogP contribution < -0.4 is 0 Å². The molecule has 3 fully saturated rings. The summed E-state index contributed by atoms with van der Waals surface area (Å²) >= 11 is 0.